The summed E-state index contributed by atoms with van der Waals surface area (Å²) in [7, 11) is 0. The highest BCUT2D eigenvalue weighted by molar-refractivity contribution is 6.20. The number of hydrogen-bond acceptors (Lipinski definition) is 2. The van der Waals surface area contributed by atoms with Gasteiger partial charge in [-0.3, -0.25) is 4.98 Å². The maximum atomic E-state index is 6.11. The third-order valence-electron chi connectivity index (χ3n) is 2.38. The molecule has 2 rings (SSSR count). The Morgan fingerprint density at radius 1 is 1.53 bits per heavy atom. The normalized spacial score (nSPS) is 13.3. The van der Waals surface area contributed by atoms with Gasteiger partial charge in [-0.15, -0.1) is 11.6 Å². The third kappa shape index (κ3) is 1.84. The quantitative estimate of drug-likeness (QED) is 0.749. The molecule has 0 aliphatic carbocycles. The zero-order valence-electron chi connectivity index (χ0n) is 8.94. The Bertz CT molecular complexity index is 462. The van der Waals surface area contributed by atoms with Gasteiger partial charge in [0.05, 0.1) is 17.1 Å². The minimum atomic E-state index is -0.0658. The lowest BCUT2D eigenvalue weighted by molar-refractivity contribution is 0.654. The second-order valence-corrected chi connectivity index (χ2v) is 4.26. The second kappa shape index (κ2) is 4.19. The summed E-state index contributed by atoms with van der Waals surface area (Å²) in [5.74, 6) is 0.932. The van der Waals surface area contributed by atoms with Gasteiger partial charge in [0.1, 0.15) is 11.3 Å². The van der Waals surface area contributed by atoms with Crippen LogP contribution in [0.5, 0.6) is 0 Å². The summed E-state index contributed by atoms with van der Waals surface area (Å²) in [4.78, 5) is 8.57. The van der Waals surface area contributed by atoms with Gasteiger partial charge in [0.15, 0.2) is 0 Å². The van der Waals surface area contributed by atoms with Crippen molar-refractivity contribution in [3.05, 3.63) is 24.3 Å². The van der Waals surface area contributed by atoms with Crippen molar-refractivity contribution in [2.45, 2.75) is 32.2 Å². The number of pyridine rings is 1. The molecule has 0 spiro atoms. The number of aryl methyl sites for hydroxylation is 1. The molecule has 0 saturated heterocycles. The lowest BCUT2D eigenvalue weighted by atomic mass is 10.3. The van der Waals surface area contributed by atoms with Gasteiger partial charge < -0.3 is 4.57 Å². The molecule has 0 amide bonds. The van der Waals surface area contributed by atoms with Gasteiger partial charge in [0.25, 0.3) is 0 Å². The van der Waals surface area contributed by atoms with Crippen LogP contribution in [-0.2, 0) is 6.54 Å². The van der Waals surface area contributed by atoms with E-state index in [-0.39, 0.29) is 5.38 Å². The molecule has 0 N–H and O–H groups in total. The van der Waals surface area contributed by atoms with Crippen molar-refractivity contribution in [1.29, 1.82) is 0 Å². The minimum Gasteiger partial charge on any atom is -0.327 e. The molecule has 0 aliphatic heterocycles. The van der Waals surface area contributed by atoms with Crippen LogP contribution in [0.4, 0.5) is 0 Å². The lowest BCUT2D eigenvalue weighted by Gasteiger charge is -2.08. The van der Waals surface area contributed by atoms with Crippen LogP contribution in [-0.4, -0.2) is 14.5 Å². The molecular formula is C11H14ClN3. The van der Waals surface area contributed by atoms with Crippen LogP contribution in [0.25, 0.3) is 11.0 Å². The first-order valence-corrected chi connectivity index (χ1v) is 5.62. The number of fused-ring (bicyclic) bond motifs is 1. The van der Waals surface area contributed by atoms with E-state index >= 15 is 0 Å². The summed E-state index contributed by atoms with van der Waals surface area (Å²) in [5, 5.41) is -0.0658. The highest BCUT2D eigenvalue weighted by Gasteiger charge is 2.13. The molecule has 1 atom stereocenters. The standard InChI is InChI=1S/C11H14ClN3/c1-3-6-15-10-4-5-13-7-9(10)14-11(15)8(2)12/h4-5,7-8H,3,6H2,1-2H3. The molecule has 1 unspecified atom stereocenters. The molecule has 0 aromatic carbocycles. The van der Waals surface area contributed by atoms with Gasteiger partial charge in [-0.2, -0.15) is 0 Å². The molecule has 15 heavy (non-hydrogen) atoms. The lowest BCUT2D eigenvalue weighted by Crippen LogP contribution is -2.03. The number of rotatable bonds is 3. The zero-order chi connectivity index (χ0) is 10.8. The molecule has 0 saturated carbocycles. The van der Waals surface area contributed by atoms with E-state index in [2.05, 4.69) is 21.5 Å². The Balaban J connectivity index is 2.63. The first-order chi connectivity index (χ1) is 7.24. The molecule has 2 heterocycles. The van der Waals surface area contributed by atoms with E-state index < -0.39 is 0 Å². The summed E-state index contributed by atoms with van der Waals surface area (Å²) in [6, 6.07) is 1.99. The fourth-order valence-corrected chi connectivity index (χ4v) is 1.93. The van der Waals surface area contributed by atoms with Crippen molar-refractivity contribution in [2.75, 3.05) is 0 Å². The molecular weight excluding hydrogens is 210 g/mol. The molecule has 2 aromatic heterocycles. The summed E-state index contributed by atoms with van der Waals surface area (Å²) in [5.41, 5.74) is 2.04. The topological polar surface area (TPSA) is 30.7 Å². The maximum absolute atomic E-state index is 6.11. The zero-order valence-corrected chi connectivity index (χ0v) is 9.70. The largest absolute Gasteiger partial charge is 0.327 e. The van der Waals surface area contributed by atoms with E-state index in [1.807, 2.05) is 13.0 Å². The fourth-order valence-electron chi connectivity index (χ4n) is 1.76. The van der Waals surface area contributed by atoms with Crippen LogP contribution < -0.4 is 0 Å². The predicted molar refractivity (Wildman–Crippen MR) is 62.1 cm³/mol. The van der Waals surface area contributed by atoms with Gasteiger partial charge in [-0.05, 0) is 19.4 Å². The Labute approximate surface area is 94.1 Å². The summed E-state index contributed by atoms with van der Waals surface area (Å²) >= 11 is 6.11. The van der Waals surface area contributed by atoms with Crippen molar-refractivity contribution in [3.63, 3.8) is 0 Å². The highest BCUT2D eigenvalue weighted by atomic mass is 35.5. The SMILES string of the molecule is CCCn1c(C(C)Cl)nc2cnccc21. The van der Waals surface area contributed by atoms with E-state index in [1.165, 1.54) is 0 Å². The van der Waals surface area contributed by atoms with E-state index in [0.717, 1.165) is 29.8 Å². The van der Waals surface area contributed by atoms with Crippen LogP contribution in [0.2, 0.25) is 0 Å². The molecule has 80 valence electrons. The first kappa shape index (κ1) is 10.4. The van der Waals surface area contributed by atoms with E-state index in [4.69, 9.17) is 11.6 Å². The predicted octanol–water partition coefficient (Wildman–Crippen LogP) is 3.14. The summed E-state index contributed by atoms with van der Waals surface area (Å²) in [6.45, 7) is 5.05. The Morgan fingerprint density at radius 3 is 3.00 bits per heavy atom. The fraction of sp³-hybridized carbons (Fsp3) is 0.455. The Hall–Kier alpha value is -1.09. The first-order valence-electron chi connectivity index (χ1n) is 5.18. The average molecular weight is 224 g/mol. The van der Waals surface area contributed by atoms with Gasteiger partial charge in [-0.1, -0.05) is 6.92 Å². The number of aromatic nitrogens is 3. The Kier molecular flexibility index (Phi) is 2.91. The third-order valence-corrected chi connectivity index (χ3v) is 2.58. The van der Waals surface area contributed by atoms with Crippen LogP contribution in [0.1, 0.15) is 31.5 Å². The molecule has 2 aromatic rings. The van der Waals surface area contributed by atoms with Crippen LogP contribution in [0.3, 0.4) is 0 Å². The maximum Gasteiger partial charge on any atom is 0.127 e. The molecule has 0 bridgehead atoms. The van der Waals surface area contributed by atoms with Gasteiger partial charge in [-0.25, -0.2) is 4.98 Å². The molecule has 3 nitrogen and oxygen atoms in total. The van der Waals surface area contributed by atoms with Gasteiger partial charge in [0, 0.05) is 12.7 Å². The molecule has 0 fully saturated rings. The summed E-state index contributed by atoms with van der Waals surface area (Å²) < 4.78 is 2.18. The van der Waals surface area contributed by atoms with Crippen molar-refractivity contribution < 1.29 is 0 Å². The number of halogens is 1. The van der Waals surface area contributed by atoms with E-state index in [9.17, 15) is 0 Å². The van der Waals surface area contributed by atoms with Gasteiger partial charge >= 0.3 is 0 Å². The molecule has 4 heteroatoms. The number of imidazole rings is 1. The molecule has 0 radical (unpaired) electrons. The smallest absolute Gasteiger partial charge is 0.127 e. The number of nitrogens with zero attached hydrogens (tertiary/aromatic N) is 3. The van der Waals surface area contributed by atoms with Crippen molar-refractivity contribution in [1.82, 2.24) is 14.5 Å². The van der Waals surface area contributed by atoms with Crippen molar-refractivity contribution in [3.8, 4) is 0 Å². The number of alkyl halides is 1. The highest BCUT2D eigenvalue weighted by Crippen LogP contribution is 2.24. The second-order valence-electron chi connectivity index (χ2n) is 3.60. The molecule has 0 aliphatic rings. The van der Waals surface area contributed by atoms with Crippen LogP contribution in [0, 0.1) is 0 Å². The van der Waals surface area contributed by atoms with Crippen LogP contribution >= 0.6 is 11.6 Å². The average Bonchev–Trinajstić information content (AvgIpc) is 2.58. The van der Waals surface area contributed by atoms with Crippen molar-refractivity contribution >= 4 is 22.6 Å². The van der Waals surface area contributed by atoms with Crippen LogP contribution in [0.15, 0.2) is 18.5 Å². The van der Waals surface area contributed by atoms with E-state index in [0.29, 0.717) is 0 Å². The van der Waals surface area contributed by atoms with E-state index in [1.54, 1.807) is 12.4 Å². The van der Waals surface area contributed by atoms with Gasteiger partial charge in [0.2, 0.25) is 0 Å². The summed E-state index contributed by atoms with van der Waals surface area (Å²) in [6.07, 6.45) is 4.65. The minimum absolute atomic E-state index is 0.0658. The Morgan fingerprint density at radius 2 is 2.33 bits per heavy atom. The van der Waals surface area contributed by atoms with Crippen molar-refractivity contribution in [2.24, 2.45) is 0 Å². The number of hydrogen-bond donors (Lipinski definition) is 0. The monoisotopic (exact) mass is 223 g/mol.